The van der Waals surface area contributed by atoms with Crippen molar-refractivity contribution in [1.82, 2.24) is 0 Å². The summed E-state index contributed by atoms with van der Waals surface area (Å²) in [5.41, 5.74) is 0.248. The second-order valence-corrected chi connectivity index (χ2v) is 5.20. The van der Waals surface area contributed by atoms with E-state index in [0.29, 0.717) is 30.1 Å². The lowest BCUT2D eigenvalue weighted by Gasteiger charge is -2.27. The fourth-order valence-electron chi connectivity index (χ4n) is 2.60. The molecular weight excluding hydrogens is 288 g/mol. The number of benzene rings is 1. The van der Waals surface area contributed by atoms with Crippen molar-refractivity contribution in [1.29, 1.82) is 0 Å². The van der Waals surface area contributed by atoms with E-state index in [2.05, 4.69) is 0 Å². The van der Waals surface area contributed by atoms with E-state index in [4.69, 9.17) is 18.9 Å². The predicted molar refractivity (Wildman–Crippen MR) is 79.8 cm³/mol. The minimum absolute atomic E-state index is 0.248. The van der Waals surface area contributed by atoms with Gasteiger partial charge in [-0.2, -0.15) is 0 Å². The maximum absolute atomic E-state index is 12.4. The van der Waals surface area contributed by atoms with Crippen LogP contribution in [0.25, 0.3) is 0 Å². The number of carbonyl (C=O) groups is 1. The molecule has 0 bridgehead atoms. The van der Waals surface area contributed by atoms with E-state index in [1.165, 1.54) is 27.4 Å². The first-order valence-electron chi connectivity index (χ1n) is 7.29. The van der Waals surface area contributed by atoms with Crippen LogP contribution in [0.15, 0.2) is 12.1 Å². The third-order valence-electron chi connectivity index (χ3n) is 3.85. The van der Waals surface area contributed by atoms with Gasteiger partial charge in [-0.1, -0.05) is 6.42 Å². The number of esters is 1. The Morgan fingerprint density at radius 3 is 2.18 bits per heavy atom. The van der Waals surface area contributed by atoms with Gasteiger partial charge in [0.25, 0.3) is 0 Å². The van der Waals surface area contributed by atoms with Crippen LogP contribution in [0, 0.1) is 0 Å². The SMILES string of the molecule is COc1cc(OC)c(C(=O)O[C@H]2CCCC[C@H]2O)cc1OC. The number of ether oxygens (including phenoxy) is 4. The number of carbonyl (C=O) groups excluding carboxylic acids is 1. The average molecular weight is 310 g/mol. The van der Waals surface area contributed by atoms with Crippen LogP contribution in [0.1, 0.15) is 36.0 Å². The maximum atomic E-state index is 12.4. The van der Waals surface area contributed by atoms with Crippen LogP contribution >= 0.6 is 0 Å². The third-order valence-corrected chi connectivity index (χ3v) is 3.85. The normalized spacial score (nSPS) is 21.1. The molecule has 122 valence electrons. The number of hydrogen-bond acceptors (Lipinski definition) is 6. The van der Waals surface area contributed by atoms with Crippen molar-refractivity contribution in [3.05, 3.63) is 17.7 Å². The predicted octanol–water partition coefficient (Wildman–Crippen LogP) is 2.17. The highest BCUT2D eigenvalue weighted by atomic mass is 16.6. The molecule has 0 unspecified atom stereocenters. The molecule has 0 aromatic heterocycles. The molecule has 1 aromatic rings. The average Bonchev–Trinajstić information content (AvgIpc) is 2.55. The largest absolute Gasteiger partial charge is 0.496 e. The molecule has 0 saturated heterocycles. The molecule has 1 aromatic carbocycles. The van der Waals surface area contributed by atoms with E-state index in [9.17, 15) is 9.90 Å². The van der Waals surface area contributed by atoms with Gasteiger partial charge in [-0.25, -0.2) is 4.79 Å². The Morgan fingerprint density at radius 1 is 1.00 bits per heavy atom. The first-order valence-corrected chi connectivity index (χ1v) is 7.29. The van der Waals surface area contributed by atoms with E-state index in [0.717, 1.165) is 12.8 Å². The summed E-state index contributed by atoms with van der Waals surface area (Å²) < 4.78 is 21.0. The first-order chi connectivity index (χ1) is 10.6. The highest BCUT2D eigenvalue weighted by molar-refractivity contribution is 5.93. The molecule has 1 saturated carbocycles. The van der Waals surface area contributed by atoms with Crippen LogP contribution in [-0.4, -0.2) is 44.6 Å². The van der Waals surface area contributed by atoms with Gasteiger partial charge in [-0.15, -0.1) is 0 Å². The maximum Gasteiger partial charge on any atom is 0.342 e. The Morgan fingerprint density at radius 2 is 1.59 bits per heavy atom. The molecule has 2 rings (SSSR count). The quantitative estimate of drug-likeness (QED) is 0.840. The highest BCUT2D eigenvalue weighted by Gasteiger charge is 2.28. The van der Waals surface area contributed by atoms with Crippen LogP contribution in [-0.2, 0) is 4.74 Å². The summed E-state index contributed by atoms with van der Waals surface area (Å²) in [6.45, 7) is 0. The molecule has 0 spiro atoms. The van der Waals surface area contributed by atoms with Crippen molar-refractivity contribution in [2.24, 2.45) is 0 Å². The molecule has 0 aliphatic heterocycles. The van der Waals surface area contributed by atoms with Gasteiger partial charge >= 0.3 is 5.97 Å². The van der Waals surface area contributed by atoms with Crippen molar-refractivity contribution in [2.45, 2.75) is 37.9 Å². The fourth-order valence-corrected chi connectivity index (χ4v) is 2.60. The summed E-state index contributed by atoms with van der Waals surface area (Å²) in [5.74, 6) is 0.685. The second kappa shape index (κ2) is 7.35. The molecule has 6 nitrogen and oxygen atoms in total. The van der Waals surface area contributed by atoms with Crippen LogP contribution in [0.5, 0.6) is 17.2 Å². The highest BCUT2D eigenvalue weighted by Crippen LogP contribution is 2.35. The van der Waals surface area contributed by atoms with Crippen molar-refractivity contribution in [3.63, 3.8) is 0 Å². The Labute approximate surface area is 129 Å². The van der Waals surface area contributed by atoms with Gasteiger partial charge in [0.15, 0.2) is 11.5 Å². The van der Waals surface area contributed by atoms with Gasteiger partial charge in [0.2, 0.25) is 0 Å². The summed E-state index contributed by atoms with van der Waals surface area (Å²) in [5, 5.41) is 9.92. The van der Waals surface area contributed by atoms with Crippen molar-refractivity contribution in [3.8, 4) is 17.2 Å². The summed E-state index contributed by atoms with van der Waals surface area (Å²) in [6.07, 6.45) is 2.14. The molecule has 22 heavy (non-hydrogen) atoms. The molecule has 0 radical (unpaired) electrons. The lowest BCUT2D eigenvalue weighted by atomic mass is 9.95. The van der Waals surface area contributed by atoms with Crippen LogP contribution in [0.3, 0.4) is 0 Å². The minimum Gasteiger partial charge on any atom is -0.496 e. The smallest absolute Gasteiger partial charge is 0.342 e. The lowest BCUT2D eigenvalue weighted by molar-refractivity contribution is -0.0362. The zero-order valence-corrected chi connectivity index (χ0v) is 13.1. The molecule has 1 fully saturated rings. The summed E-state index contributed by atoms with van der Waals surface area (Å²) >= 11 is 0. The Balaban J connectivity index is 2.24. The topological polar surface area (TPSA) is 74.2 Å². The minimum atomic E-state index is -0.608. The molecule has 1 aliphatic rings. The van der Waals surface area contributed by atoms with E-state index < -0.39 is 18.2 Å². The van der Waals surface area contributed by atoms with E-state index in [1.807, 2.05) is 0 Å². The van der Waals surface area contributed by atoms with Gasteiger partial charge in [0.1, 0.15) is 17.4 Å². The zero-order chi connectivity index (χ0) is 16.1. The monoisotopic (exact) mass is 310 g/mol. The summed E-state index contributed by atoms with van der Waals surface area (Å²) in [6, 6.07) is 3.10. The molecule has 6 heteroatoms. The van der Waals surface area contributed by atoms with E-state index >= 15 is 0 Å². The van der Waals surface area contributed by atoms with Crippen LogP contribution in [0.4, 0.5) is 0 Å². The Kier molecular flexibility index (Phi) is 5.49. The summed E-state index contributed by atoms with van der Waals surface area (Å²) in [7, 11) is 4.46. The third kappa shape index (κ3) is 3.44. The van der Waals surface area contributed by atoms with Gasteiger partial charge in [0, 0.05) is 12.1 Å². The molecule has 2 atom stereocenters. The van der Waals surface area contributed by atoms with Gasteiger partial charge in [0.05, 0.1) is 27.4 Å². The number of hydrogen-bond donors (Lipinski definition) is 1. The van der Waals surface area contributed by atoms with Gasteiger partial charge < -0.3 is 24.1 Å². The second-order valence-electron chi connectivity index (χ2n) is 5.20. The zero-order valence-electron chi connectivity index (χ0n) is 13.1. The lowest BCUT2D eigenvalue weighted by Crippen LogP contribution is -2.34. The fraction of sp³-hybridized carbons (Fsp3) is 0.562. The Bertz CT molecular complexity index is 528. The van der Waals surface area contributed by atoms with E-state index in [1.54, 1.807) is 6.07 Å². The van der Waals surface area contributed by atoms with E-state index in [-0.39, 0.29) is 5.56 Å². The molecule has 1 N–H and O–H groups in total. The number of rotatable bonds is 5. The number of methoxy groups -OCH3 is 3. The molecular formula is C16H22O6. The standard InChI is InChI=1S/C16H22O6/c1-19-13-9-15(21-3)14(20-2)8-10(13)16(18)22-12-7-5-4-6-11(12)17/h8-9,11-12,17H,4-7H2,1-3H3/t11-,12+/m1/s1. The number of aliphatic hydroxyl groups is 1. The Hall–Kier alpha value is -1.95. The molecule has 0 heterocycles. The van der Waals surface area contributed by atoms with Crippen LogP contribution < -0.4 is 14.2 Å². The van der Waals surface area contributed by atoms with Crippen molar-refractivity contribution >= 4 is 5.97 Å². The van der Waals surface area contributed by atoms with Crippen LogP contribution in [0.2, 0.25) is 0 Å². The van der Waals surface area contributed by atoms with Gasteiger partial charge in [-0.3, -0.25) is 0 Å². The van der Waals surface area contributed by atoms with Crippen molar-refractivity contribution < 1.29 is 28.8 Å². The summed E-state index contributed by atoms with van der Waals surface area (Å²) in [4.78, 5) is 12.4. The molecule has 1 aliphatic carbocycles. The number of aliphatic hydroxyl groups excluding tert-OH is 1. The molecule has 0 amide bonds. The van der Waals surface area contributed by atoms with Gasteiger partial charge in [-0.05, 0) is 19.3 Å². The first kappa shape index (κ1) is 16.4. The van der Waals surface area contributed by atoms with Crippen molar-refractivity contribution in [2.75, 3.05) is 21.3 Å².